The van der Waals surface area contributed by atoms with E-state index in [1.165, 1.54) is 0 Å². The Hall–Kier alpha value is -0.0400. The van der Waals surface area contributed by atoms with E-state index in [1.54, 1.807) is 11.8 Å². The molecule has 1 aromatic heterocycles. The molecule has 0 aliphatic rings. The van der Waals surface area contributed by atoms with Gasteiger partial charge in [0, 0.05) is 0 Å². The molecule has 0 aliphatic carbocycles. The highest BCUT2D eigenvalue weighted by Crippen LogP contribution is 2.09. The summed E-state index contributed by atoms with van der Waals surface area (Å²) in [6, 6.07) is 0. The molecule has 1 N–H and O–H groups in total. The average molecular weight is 324 g/mol. The van der Waals surface area contributed by atoms with E-state index < -0.39 is 0 Å². The smallest absolute Gasteiger partial charge is 0.264 e. The number of aromatic nitrogens is 2. The van der Waals surface area contributed by atoms with Gasteiger partial charge >= 0.3 is 0 Å². The lowest BCUT2D eigenvalue weighted by molar-refractivity contribution is 0.835. The van der Waals surface area contributed by atoms with E-state index >= 15 is 0 Å². The molecule has 0 atom stereocenters. The molecule has 0 bridgehead atoms. The lowest BCUT2D eigenvalue weighted by atomic mass is 10.2. The summed E-state index contributed by atoms with van der Waals surface area (Å²) in [6.45, 7) is 2.09. The Labute approximate surface area is 101 Å². The highest BCUT2D eigenvalue weighted by Gasteiger charge is 2.07. The van der Waals surface area contributed by atoms with E-state index in [0.29, 0.717) is 0 Å². The van der Waals surface area contributed by atoms with Crippen LogP contribution in [-0.2, 0) is 12.2 Å². The minimum atomic E-state index is -0.00639. The molecule has 0 radical (unpaired) electrons. The Morgan fingerprint density at radius 1 is 1.57 bits per heavy atom. The van der Waals surface area contributed by atoms with Gasteiger partial charge in [-0.15, -0.1) is 0 Å². The van der Waals surface area contributed by atoms with Crippen molar-refractivity contribution in [2.45, 2.75) is 25.5 Å². The van der Waals surface area contributed by atoms with E-state index in [9.17, 15) is 4.79 Å². The van der Waals surface area contributed by atoms with Gasteiger partial charge in [-0.3, -0.25) is 4.79 Å². The van der Waals surface area contributed by atoms with Crippen molar-refractivity contribution in [2.24, 2.45) is 0 Å². The van der Waals surface area contributed by atoms with E-state index in [-0.39, 0.29) is 5.56 Å². The van der Waals surface area contributed by atoms with Crippen molar-refractivity contribution in [1.29, 1.82) is 0 Å². The zero-order valence-corrected chi connectivity index (χ0v) is 11.2. The topological polar surface area (TPSA) is 45.8 Å². The van der Waals surface area contributed by atoms with Crippen LogP contribution in [0.4, 0.5) is 0 Å². The molecule has 0 amide bonds. The molecule has 0 saturated carbocycles. The molecular weight excluding hydrogens is 311 g/mol. The Morgan fingerprint density at radius 3 is 2.86 bits per heavy atom. The SMILES string of the molecule is CCCc1nc(CSC)[nH]c(=O)c1I. The van der Waals surface area contributed by atoms with E-state index in [0.717, 1.165) is 33.7 Å². The van der Waals surface area contributed by atoms with Crippen molar-refractivity contribution in [1.82, 2.24) is 9.97 Å². The number of H-pyrrole nitrogens is 1. The van der Waals surface area contributed by atoms with Crippen LogP contribution < -0.4 is 5.56 Å². The molecule has 0 saturated heterocycles. The first-order valence-corrected chi connectivity index (χ1v) is 6.92. The van der Waals surface area contributed by atoms with Crippen molar-refractivity contribution >= 4 is 34.4 Å². The highest BCUT2D eigenvalue weighted by molar-refractivity contribution is 14.1. The van der Waals surface area contributed by atoms with Crippen molar-refractivity contribution in [2.75, 3.05) is 6.26 Å². The van der Waals surface area contributed by atoms with Crippen molar-refractivity contribution in [3.8, 4) is 0 Å². The molecule has 1 heterocycles. The number of aryl methyl sites for hydroxylation is 1. The predicted molar refractivity (Wildman–Crippen MR) is 68.8 cm³/mol. The summed E-state index contributed by atoms with van der Waals surface area (Å²) in [5.74, 6) is 1.55. The molecule has 1 aromatic rings. The first kappa shape index (κ1) is 12.0. The van der Waals surface area contributed by atoms with Crippen LogP contribution in [0.5, 0.6) is 0 Å². The molecule has 5 heteroatoms. The second kappa shape index (κ2) is 5.75. The van der Waals surface area contributed by atoms with Gasteiger partial charge in [-0.1, -0.05) is 13.3 Å². The molecule has 0 aromatic carbocycles. The summed E-state index contributed by atoms with van der Waals surface area (Å²) in [7, 11) is 0. The minimum Gasteiger partial charge on any atom is -0.309 e. The van der Waals surface area contributed by atoms with Gasteiger partial charge in [0.2, 0.25) is 0 Å². The van der Waals surface area contributed by atoms with E-state index in [1.807, 2.05) is 6.26 Å². The summed E-state index contributed by atoms with van der Waals surface area (Å²) in [6.07, 6.45) is 3.90. The van der Waals surface area contributed by atoms with Gasteiger partial charge in [0.05, 0.1) is 15.0 Å². The van der Waals surface area contributed by atoms with Gasteiger partial charge < -0.3 is 4.98 Å². The monoisotopic (exact) mass is 324 g/mol. The van der Waals surface area contributed by atoms with Gasteiger partial charge in [-0.05, 0) is 35.3 Å². The molecule has 14 heavy (non-hydrogen) atoms. The molecule has 1 rings (SSSR count). The second-order valence-corrected chi connectivity index (χ2v) is 4.90. The zero-order valence-electron chi connectivity index (χ0n) is 8.26. The van der Waals surface area contributed by atoms with Crippen molar-refractivity contribution in [3.05, 3.63) is 25.4 Å². The summed E-state index contributed by atoms with van der Waals surface area (Å²) < 4.78 is 0.731. The number of nitrogens with one attached hydrogen (secondary N) is 1. The molecule has 78 valence electrons. The fraction of sp³-hybridized carbons (Fsp3) is 0.556. The third-order valence-corrected chi connectivity index (χ3v) is 3.42. The quantitative estimate of drug-likeness (QED) is 0.864. The van der Waals surface area contributed by atoms with Gasteiger partial charge in [0.1, 0.15) is 5.82 Å². The zero-order chi connectivity index (χ0) is 10.6. The summed E-state index contributed by atoms with van der Waals surface area (Å²) in [4.78, 5) is 18.7. The summed E-state index contributed by atoms with van der Waals surface area (Å²) in [5, 5.41) is 0. The number of aromatic amines is 1. The minimum absolute atomic E-state index is 0.00639. The molecular formula is C9H13IN2OS. The van der Waals surface area contributed by atoms with Crippen LogP contribution in [0.1, 0.15) is 24.9 Å². The maximum Gasteiger partial charge on any atom is 0.264 e. The van der Waals surface area contributed by atoms with Crippen LogP contribution in [0.3, 0.4) is 0 Å². The number of nitrogens with zero attached hydrogens (tertiary/aromatic N) is 1. The van der Waals surface area contributed by atoms with Crippen LogP contribution in [0.15, 0.2) is 4.79 Å². The van der Waals surface area contributed by atoms with Crippen LogP contribution in [-0.4, -0.2) is 16.2 Å². The number of hydrogen-bond acceptors (Lipinski definition) is 3. The normalized spacial score (nSPS) is 10.5. The highest BCUT2D eigenvalue weighted by atomic mass is 127. The Balaban J connectivity index is 3.07. The molecule has 0 aliphatic heterocycles. The Morgan fingerprint density at radius 2 is 2.29 bits per heavy atom. The molecule has 3 nitrogen and oxygen atoms in total. The standard InChI is InChI=1S/C9H13IN2OS/c1-3-4-6-8(10)9(13)12-7(11-6)5-14-2/h3-5H2,1-2H3,(H,11,12,13). The predicted octanol–water partition coefficient (Wildman–Crippen LogP) is 2.19. The fourth-order valence-electron chi connectivity index (χ4n) is 1.16. The lowest BCUT2D eigenvalue weighted by Crippen LogP contribution is -2.17. The molecule has 0 spiro atoms. The van der Waals surface area contributed by atoms with E-state index in [4.69, 9.17) is 0 Å². The fourth-order valence-corrected chi connectivity index (χ4v) is 2.10. The van der Waals surface area contributed by atoms with Gasteiger partial charge in [0.25, 0.3) is 5.56 Å². The van der Waals surface area contributed by atoms with E-state index in [2.05, 4.69) is 39.5 Å². The number of rotatable bonds is 4. The Bertz CT molecular complexity index is 364. The third kappa shape index (κ3) is 2.98. The van der Waals surface area contributed by atoms with Gasteiger partial charge in [0.15, 0.2) is 0 Å². The molecule has 0 fully saturated rings. The van der Waals surface area contributed by atoms with Gasteiger partial charge in [-0.2, -0.15) is 11.8 Å². The van der Waals surface area contributed by atoms with Crippen molar-refractivity contribution < 1.29 is 0 Å². The van der Waals surface area contributed by atoms with Crippen LogP contribution >= 0.6 is 34.4 Å². The van der Waals surface area contributed by atoms with Crippen LogP contribution in [0, 0.1) is 3.57 Å². The maximum absolute atomic E-state index is 11.5. The largest absolute Gasteiger partial charge is 0.309 e. The van der Waals surface area contributed by atoms with Crippen LogP contribution in [0.25, 0.3) is 0 Å². The second-order valence-electron chi connectivity index (χ2n) is 2.96. The van der Waals surface area contributed by atoms with Crippen molar-refractivity contribution in [3.63, 3.8) is 0 Å². The van der Waals surface area contributed by atoms with Crippen LogP contribution in [0.2, 0.25) is 0 Å². The average Bonchev–Trinajstić information content (AvgIpc) is 2.14. The number of thioether (sulfide) groups is 1. The summed E-state index contributed by atoms with van der Waals surface area (Å²) >= 11 is 3.72. The third-order valence-electron chi connectivity index (χ3n) is 1.75. The van der Waals surface area contributed by atoms with Gasteiger partial charge in [-0.25, -0.2) is 4.98 Å². The number of halogens is 1. The lowest BCUT2D eigenvalue weighted by Gasteiger charge is -2.04. The first-order chi connectivity index (χ1) is 6.69. The maximum atomic E-state index is 11.5. The summed E-state index contributed by atoms with van der Waals surface area (Å²) in [5.41, 5.74) is 0.925. The first-order valence-electron chi connectivity index (χ1n) is 4.45. The number of hydrogen-bond donors (Lipinski definition) is 1. The Kier molecular flexibility index (Phi) is 4.94. The molecule has 0 unspecified atom stereocenters.